The van der Waals surface area contributed by atoms with E-state index in [9.17, 15) is 9.59 Å². The number of thiophene rings is 1. The van der Waals surface area contributed by atoms with Gasteiger partial charge in [0.15, 0.2) is 0 Å². The molecule has 25 heavy (non-hydrogen) atoms. The zero-order valence-corrected chi connectivity index (χ0v) is 14.8. The number of nitrogens with one attached hydrogen (secondary N) is 2. The number of carbonyl (C=O) groups is 2. The molecule has 2 heterocycles. The summed E-state index contributed by atoms with van der Waals surface area (Å²) in [5, 5.41) is 19.0. The summed E-state index contributed by atoms with van der Waals surface area (Å²) in [5.41, 5.74) is 1.31. The molecule has 0 aliphatic carbocycles. The second-order valence-corrected chi connectivity index (χ2v) is 6.82. The summed E-state index contributed by atoms with van der Waals surface area (Å²) < 4.78 is 1.50. The second-order valence-electron chi connectivity index (χ2n) is 4.93. The molecule has 0 spiro atoms. The third-order valence-corrected chi connectivity index (χ3v) is 4.96. The molecule has 3 aromatic rings. The van der Waals surface area contributed by atoms with Crippen LogP contribution in [0.2, 0.25) is 0 Å². The number of carbonyl (C=O) groups excluding carboxylic acids is 2. The predicted octanol–water partition coefficient (Wildman–Crippen LogP) is 2.25. The highest BCUT2D eigenvalue weighted by atomic mass is 32.2. The van der Waals surface area contributed by atoms with Crippen LogP contribution in [-0.4, -0.2) is 37.8 Å². The third kappa shape index (κ3) is 4.64. The monoisotopic (exact) mass is 374 g/mol. The Balaban J connectivity index is 1.51. The normalized spacial score (nSPS) is 10.4. The number of aryl methyl sites for hydroxylation is 1. The van der Waals surface area contributed by atoms with E-state index in [1.165, 1.54) is 27.8 Å². The zero-order valence-electron chi connectivity index (χ0n) is 13.2. The predicted molar refractivity (Wildman–Crippen MR) is 96.9 cm³/mol. The average Bonchev–Trinajstić information content (AvgIpc) is 3.26. The highest BCUT2D eigenvalue weighted by Gasteiger charge is 2.09. The molecule has 128 valence electrons. The first-order chi connectivity index (χ1) is 12.1. The topological polar surface area (TPSA) is 102 Å². The largest absolute Gasteiger partial charge is 0.325 e. The number of amides is 2. The SMILES string of the molecule is Cn1nnnc1SCC(=O)Nc1ccc(NC(=O)c2cccs2)cc1. The Hall–Kier alpha value is -2.72. The van der Waals surface area contributed by atoms with E-state index in [2.05, 4.69) is 26.2 Å². The molecular weight excluding hydrogens is 360 g/mol. The Kier molecular flexibility index (Phi) is 5.41. The Morgan fingerprint density at radius 1 is 1.16 bits per heavy atom. The van der Waals surface area contributed by atoms with Crippen molar-refractivity contribution in [3.63, 3.8) is 0 Å². The molecule has 0 aliphatic heterocycles. The van der Waals surface area contributed by atoms with Crippen molar-refractivity contribution in [1.82, 2.24) is 20.2 Å². The first-order valence-electron chi connectivity index (χ1n) is 7.22. The van der Waals surface area contributed by atoms with Crippen LogP contribution in [0.15, 0.2) is 46.9 Å². The fraction of sp³-hybridized carbons (Fsp3) is 0.133. The van der Waals surface area contributed by atoms with Crippen LogP contribution in [0.3, 0.4) is 0 Å². The molecule has 2 aromatic heterocycles. The van der Waals surface area contributed by atoms with Crippen LogP contribution < -0.4 is 10.6 Å². The Morgan fingerprint density at radius 2 is 1.88 bits per heavy atom. The van der Waals surface area contributed by atoms with E-state index in [4.69, 9.17) is 0 Å². The lowest BCUT2D eigenvalue weighted by atomic mass is 10.2. The Morgan fingerprint density at radius 3 is 2.48 bits per heavy atom. The van der Waals surface area contributed by atoms with Crippen LogP contribution in [0.4, 0.5) is 11.4 Å². The first kappa shape index (κ1) is 17.1. The number of anilines is 2. The summed E-state index contributed by atoms with van der Waals surface area (Å²) in [6.45, 7) is 0. The molecule has 0 unspecified atom stereocenters. The van der Waals surface area contributed by atoms with Gasteiger partial charge in [-0.2, -0.15) is 0 Å². The van der Waals surface area contributed by atoms with Gasteiger partial charge in [0, 0.05) is 18.4 Å². The zero-order chi connectivity index (χ0) is 17.6. The van der Waals surface area contributed by atoms with E-state index < -0.39 is 0 Å². The van der Waals surface area contributed by atoms with Crippen molar-refractivity contribution in [2.75, 3.05) is 16.4 Å². The van der Waals surface area contributed by atoms with Crippen molar-refractivity contribution in [1.29, 1.82) is 0 Å². The molecule has 2 N–H and O–H groups in total. The van der Waals surface area contributed by atoms with Gasteiger partial charge in [0.25, 0.3) is 5.91 Å². The van der Waals surface area contributed by atoms with Gasteiger partial charge >= 0.3 is 0 Å². The number of hydrogen-bond acceptors (Lipinski definition) is 7. The molecule has 3 rings (SSSR count). The Labute approximate surface area is 151 Å². The number of hydrogen-bond donors (Lipinski definition) is 2. The summed E-state index contributed by atoms with van der Waals surface area (Å²) in [6, 6.07) is 10.5. The number of thioether (sulfide) groups is 1. The van der Waals surface area contributed by atoms with Crippen molar-refractivity contribution >= 4 is 46.3 Å². The van der Waals surface area contributed by atoms with E-state index >= 15 is 0 Å². The maximum Gasteiger partial charge on any atom is 0.265 e. The second kappa shape index (κ2) is 7.90. The Bertz CT molecular complexity index is 861. The molecule has 0 atom stereocenters. The lowest BCUT2D eigenvalue weighted by molar-refractivity contribution is -0.113. The van der Waals surface area contributed by atoms with Crippen molar-refractivity contribution in [2.24, 2.45) is 7.05 Å². The van der Waals surface area contributed by atoms with Crippen LogP contribution >= 0.6 is 23.1 Å². The van der Waals surface area contributed by atoms with Crippen LogP contribution in [0.1, 0.15) is 9.67 Å². The fourth-order valence-electron chi connectivity index (χ4n) is 1.91. The van der Waals surface area contributed by atoms with Crippen LogP contribution in [-0.2, 0) is 11.8 Å². The minimum Gasteiger partial charge on any atom is -0.325 e. The van der Waals surface area contributed by atoms with E-state index in [1.807, 2.05) is 11.4 Å². The van der Waals surface area contributed by atoms with E-state index in [-0.39, 0.29) is 17.6 Å². The molecule has 0 fully saturated rings. The van der Waals surface area contributed by atoms with Gasteiger partial charge in [-0.25, -0.2) is 4.68 Å². The maximum absolute atomic E-state index is 12.0. The summed E-state index contributed by atoms with van der Waals surface area (Å²) in [6.07, 6.45) is 0. The highest BCUT2D eigenvalue weighted by Crippen LogP contribution is 2.17. The molecule has 0 bridgehead atoms. The lowest BCUT2D eigenvalue weighted by Gasteiger charge is -2.07. The number of benzene rings is 1. The maximum atomic E-state index is 12.0. The molecule has 0 radical (unpaired) electrons. The molecule has 1 aromatic carbocycles. The van der Waals surface area contributed by atoms with Crippen molar-refractivity contribution in [3.8, 4) is 0 Å². The molecule has 0 aliphatic rings. The van der Waals surface area contributed by atoms with Gasteiger partial charge in [-0.05, 0) is 46.1 Å². The number of aromatic nitrogens is 4. The van der Waals surface area contributed by atoms with Crippen LogP contribution in [0.25, 0.3) is 0 Å². The molecule has 8 nitrogen and oxygen atoms in total. The number of tetrazole rings is 1. The summed E-state index contributed by atoms with van der Waals surface area (Å²) in [4.78, 5) is 24.6. The van der Waals surface area contributed by atoms with Gasteiger partial charge in [0.1, 0.15) is 0 Å². The number of nitrogens with zero attached hydrogens (tertiary/aromatic N) is 4. The molecule has 10 heteroatoms. The van der Waals surface area contributed by atoms with Crippen LogP contribution in [0, 0.1) is 0 Å². The van der Waals surface area contributed by atoms with Gasteiger partial charge < -0.3 is 10.6 Å². The average molecular weight is 374 g/mol. The van der Waals surface area contributed by atoms with E-state index in [1.54, 1.807) is 37.4 Å². The van der Waals surface area contributed by atoms with E-state index in [0.29, 0.717) is 21.4 Å². The van der Waals surface area contributed by atoms with E-state index in [0.717, 1.165) is 0 Å². The first-order valence-corrected chi connectivity index (χ1v) is 9.08. The molecule has 2 amide bonds. The highest BCUT2D eigenvalue weighted by molar-refractivity contribution is 7.99. The molecular formula is C15H14N6O2S2. The molecule has 0 saturated carbocycles. The number of rotatable bonds is 6. The van der Waals surface area contributed by atoms with Gasteiger partial charge in [-0.15, -0.1) is 16.4 Å². The van der Waals surface area contributed by atoms with Crippen LogP contribution in [0.5, 0.6) is 0 Å². The summed E-state index contributed by atoms with van der Waals surface area (Å²) >= 11 is 2.63. The van der Waals surface area contributed by atoms with Gasteiger partial charge in [-0.1, -0.05) is 17.8 Å². The van der Waals surface area contributed by atoms with Crippen molar-refractivity contribution < 1.29 is 9.59 Å². The third-order valence-electron chi connectivity index (χ3n) is 3.09. The van der Waals surface area contributed by atoms with Gasteiger partial charge in [0.05, 0.1) is 10.6 Å². The lowest BCUT2D eigenvalue weighted by Crippen LogP contribution is -2.14. The van der Waals surface area contributed by atoms with Crippen molar-refractivity contribution in [2.45, 2.75) is 5.16 Å². The fourth-order valence-corrected chi connectivity index (χ4v) is 3.18. The summed E-state index contributed by atoms with van der Waals surface area (Å²) in [7, 11) is 1.71. The minimum absolute atomic E-state index is 0.152. The summed E-state index contributed by atoms with van der Waals surface area (Å²) in [5.74, 6) is -0.116. The molecule has 0 saturated heterocycles. The minimum atomic E-state index is -0.164. The smallest absolute Gasteiger partial charge is 0.265 e. The van der Waals surface area contributed by atoms with Gasteiger partial charge in [0.2, 0.25) is 11.1 Å². The standard InChI is InChI=1S/C15H14N6O2S2/c1-21-15(18-19-20-21)25-9-13(22)16-10-4-6-11(7-5-10)17-14(23)12-3-2-8-24-12/h2-8H,9H2,1H3,(H,16,22)(H,17,23). The van der Waals surface area contributed by atoms with Crippen molar-refractivity contribution in [3.05, 3.63) is 46.7 Å². The van der Waals surface area contributed by atoms with Gasteiger partial charge in [-0.3, -0.25) is 9.59 Å². The quantitative estimate of drug-likeness (QED) is 0.642.